The van der Waals surface area contributed by atoms with Crippen molar-refractivity contribution in [1.82, 2.24) is 9.97 Å². The Kier molecular flexibility index (Phi) is 4.95. The number of aryl methyl sites for hydroxylation is 1. The number of aromatic nitrogens is 2. The maximum atomic E-state index is 5.83. The van der Waals surface area contributed by atoms with Crippen molar-refractivity contribution in [2.24, 2.45) is 0 Å². The number of nitrogens with one attached hydrogen (secondary N) is 1. The van der Waals surface area contributed by atoms with Gasteiger partial charge in [-0.2, -0.15) is 4.98 Å². The number of fused-ring (bicyclic) bond motifs is 1. The Balaban J connectivity index is 2.32. The second-order valence-corrected chi connectivity index (χ2v) is 5.84. The van der Waals surface area contributed by atoms with E-state index in [1.807, 2.05) is 13.8 Å². The Morgan fingerprint density at radius 1 is 1.40 bits per heavy atom. The SMILES string of the molecule is C=C(C)CCOc1nc(NCC)nc2sc(CC)cc12. The van der Waals surface area contributed by atoms with Crippen LogP contribution in [0.1, 0.15) is 32.1 Å². The molecule has 0 amide bonds. The molecule has 5 heteroatoms. The summed E-state index contributed by atoms with van der Waals surface area (Å²) in [7, 11) is 0. The lowest BCUT2D eigenvalue weighted by Gasteiger charge is -2.08. The molecule has 0 unspecified atom stereocenters. The van der Waals surface area contributed by atoms with E-state index in [2.05, 4.69) is 34.9 Å². The summed E-state index contributed by atoms with van der Waals surface area (Å²) < 4.78 is 5.83. The van der Waals surface area contributed by atoms with Gasteiger partial charge >= 0.3 is 0 Å². The van der Waals surface area contributed by atoms with Crippen molar-refractivity contribution in [1.29, 1.82) is 0 Å². The van der Waals surface area contributed by atoms with Gasteiger partial charge in [-0.15, -0.1) is 17.9 Å². The summed E-state index contributed by atoms with van der Waals surface area (Å²) in [5.74, 6) is 1.30. The van der Waals surface area contributed by atoms with E-state index in [-0.39, 0.29) is 0 Å². The van der Waals surface area contributed by atoms with E-state index in [4.69, 9.17) is 4.74 Å². The van der Waals surface area contributed by atoms with Crippen LogP contribution in [0.5, 0.6) is 5.88 Å². The summed E-state index contributed by atoms with van der Waals surface area (Å²) in [5, 5.41) is 4.16. The lowest BCUT2D eigenvalue weighted by atomic mass is 10.3. The molecule has 0 saturated carbocycles. The normalized spacial score (nSPS) is 10.8. The summed E-state index contributed by atoms with van der Waals surface area (Å²) in [6.07, 6.45) is 1.84. The fourth-order valence-corrected chi connectivity index (χ4v) is 2.75. The Hall–Kier alpha value is -1.62. The minimum atomic E-state index is 0.602. The van der Waals surface area contributed by atoms with Gasteiger partial charge in [0.05, 0.1) is 12.0 Å². The van der Waals surface area contributed by atoms with Crippen LogP contribution < -0.4 is 10.1 Å². The van der Waals surface area contributed by atoms with Crippen LogP contribution in [0.15, 0.2) is 18.2 Å². The Bertz CT molecular complexity index is 606. The fraction of sp³-hybridized carbons (Fsp3) is 0.467. The average molecular weight is 291 g/mol. The van der Waals surface area contributed by atoms with Gasteiger partial charge in [-0.05, 0) is 26.3 Å². The highest BCUT2D eigenvalue weighted by atomic mass is 32.1. The molecular formula is C15H21N3OS. The van der Waals surface area contributed by atoms with Crippen LogP contribution in [-0.4, -0.2) is 23.1 Å². The molecule has 0 aromatic carbocycles. The molecular weight excluding hydrogens is 270 g/mol. The zero-order chi connectivity index (χ0) is 14.5. The van der Waals surface area contributed by atoms with Crippen molar-refractivity contribution < 1.29 is 4.74 Å². The first-order valence-electron chi connectivity index (χ1n) is 6.95. The second-order valence-electron chi connectivity index (χ2n) is 4.72. The van der Waals surface area contributed by atoms with E-state index in [1.54, 1.807) is 11.3 Å². The van der Waals surface area contributed by atoms with Gasteiger partial charge in [0.2, 0.25) is 11.8 Å². The van der Waals surface area contributed by atoms with Crippen LogP contribution in [-0.2, 0) is 6.42 Å². The smallest absolute Gasteiger partial charge is 0.227 e. The standard InChI is InChI=1S/C15H21N3OS/c1-5-11-9-12-13(19-8-7-10(3)4)17-15(16-6-2)18-14(12)20-11/h9H,3,5-8H2,1-2,4H3,(H,16,17,18). The maximum absolute atomic E-state index is 5.83. The summed E-state index contributed by atoms with van der Waals surface area (Å²) >= 11 is 1.70. The minimum absolute atomic E-state index is 0.602. The quantitative estimate of drug-likeness (QED) is 0.782. The van der Waals surface area contributed by atoms with Crippen molar-refractivity contribution in [2.75, 3.05) is 18.5 Å². The average Bonchev–Trinajstić information content (AvgIpc) is 2.82. The molecule has 0 fully saturated rings. The number of hydrogen-bond donors (Lipinski definition) is 1. The molecule has 2 heterocycles. The highest BCUT2D eigenvalue weighted by molar-refractivity contribution is 7.18. The van der Waals surface area contributed by atoms with E-state index >= 15 is 0 Å². The van der Waals surface area contributed by atoms with Crippen molar-refractivity contribution in [2.45, 2.75) is 33.6 Å². The van der Waals surface area contributed by atoms with Gasteiger partial charge in [0.15, 0.2) is 0 Å². The van der Waals surface area contributed by atoms with Crippen molar-refractivity contribution in [3.63, 3.8) is 0 Å². The van der Waals surface area contributed by atoms with Gasteiger partial charge in [-0.3, -0.25) is 0 Å². The summed E-state index contributed by atoms with van der Waals surface area (Å²) in [6.45, 7) is 11.5. The zero-order valence-corrected chi connectivity index (χ0v) is 13.1. The topological polar surface area (TPSA) is 47.0 Å². The largest absolute Gasteiger partial charge is 0.477 e. The van der Waals surface area contributed by atoms with Crippen LogP contribution in [0.2, 0.25) is 0 Å². The number of thiophene rings is 1. The Labute approximate surface area is 123 Å². The molecule has 2 rings (SSSR count). The predicted octanol–water partition coefficient (Wildman–Crippen LogP) is 4.03. The third-order valence-corrected chi connectivity index (χ3v) is 4.03. The third kappa shape index (κ3) is 3.48. The molecule has 0 aliphatic rings. The summed E-state index contributed by atoms with van der Waals surface area (Å²) in [6, 6.07) is 2.13. The molecule has 0 aliphatic heterocycles. The molecule has 0 spiro atoms. The first-order valence-corrected chi connectivity index (χ1v) is 7.77. The number of anilines is 1. The zero-order valence-electron chi connectivity index (χ0n) is 12.3. The molecule has 20 heavy (non-hydrogen) atoms. The van der Waals surface area contributed by atoms with Gasteiger partial charge in [0, 0.05) is 17.8 Å². The number of ether oxygens (including phenoxy) is 1. The first-order chi connectivity index (χ1) is 9.63. The molecule has 0 saturated heterocycles. The second kappa shape index (κ2) is 6.70. The molecule has 2 aromatic heterocycles. The Morgan fingerprint density at radius 3 is 2.85 bits per heavy atom. The van der Waals surface area contributed by atoms with Crippen molar-refractivity contribution in [3.05, 3.63) is 23.1 Å². The number of nitrogens with zero attached hydrogens (tertiary/aromatic N) is 2. The lowest BCUT2D eigenvalue weighted by molar-refractivity contribution is 0.313. The molecule has 4 nitrogen and oxygen atoms in total. The number of hydrogen-bond acceptors (Lipinski definition) is 5. The highest BCUT2D eigenvalue weighted by Crippen LogP contribution is 2.31. The Morgan fingerprint density at radius 2 is 2.20 bits per heavy atom. The van der Waals surface area contributed by atoms with Crippen LogP contribution >= 0.6 is 11.3 Å². The van der Waals surface area contributed by atoms with Gasteiger partial charge in [0.25, 0.3) is 0 Å². The maximum Gasteiger partial charge on any atom is 0.227 e. The van der Waals surface area contributed by atoms with E-state index in [1.165, 1.54) is 4.88 Å². The highest BCUT2D eigenvalue weighted by Gasteiger charge is 2.12. The molecule has 0 aliphatic carbocycles. The van der Waals surface area contributed by atoms with Crippen LogP contribution in [0, 0.1) is 0 Å². The van der Waals surface area contributed by atoms with Crippen molar-refractivity contribution in [3.8, 4) is 5.88 Å². The fourth-order valence-electron chi connectivity index (χ4n) is 1.79. The molecule has 0 bridgehead atoms. The number of rotatable bonds is 7. The minimum Gasteiger partial charge on any atom is -0.477 e. The first kappa shape index (κ1) is 14.8. The van der Waals surface area contributed by atoms with E-state index in [0.29, 0.717) is 18.4 Å². The summed E-state index contributed by atoms with van der Waals surface area (Å²) in [4.78, 5) is 11.3. The van der Waals surface area contributed by atoms with E-state index < -0.39 is 0 Å². The monoisotopic (exact) mass is 291 g/mol. The molecule has 0 radical (unpaired) electrons. The third-order valence-electron chi connectivity index (χ3n) is 2.86. The van der Waals surface area contributed by atoms with E-state index in [0.717, 1.165) is 35.2 Å². The van der Waals surface area contributed by atoms with Gasteiger partial charge in [0.1, 0.15) is 4.83 Å². The van der Waals surface area contributed by atoms with Gasteiger partial charge < -0.3 is 10.1 Å². The van der Waals surface area contributed by atoms with E-state index in [9.17, 15) is 0 Å². The predicted molar refractivity (Wildman–Crippen MR) is 85.9 cm³/mol. The lowest BCUT2D eigenvalue weighted by Crippen LogP contribution is -2.05. The van der Waals surface area contributed by atoms with Crippen molar-refractivity contribution >= 4 is 27.5 Å². The van der Waals surface area contributed by atoms with Crippen LogP contribution in [0.25, 0.3) is 10.2 Å². The molecule has 2 aromatic rings. The van der Waals surface area contributed by atoms with Gasteiger partial charge in [-0.1, -0.05) is 12.5 Å². The van der Waals surface area contributed by atoms with Crippen LogP contribution in [0.3, 0.4) is 0 Å². The summed E-state index contributed by atoms with van der Waals surface area (Å²) in [5.41, 5.74) is 1.11. The molecule has 108 valence electrons. The van der Waals surface area contributed by atoms with Crippen LogP contribution in [0.4, 0.5) is 5.95 Å². The van der Waals surface area contributed by atoms with Gasteiger partial charge in [-0.25, -0.2) is 4.98 Å². The molecule has 0 atom stereocenters. The molecule has 1 N–H and O–H groups in total.